The lowest BCUT2D eigenvalue weighted by molar-refractivity contribution is 0.174. The summed E-state index contributed by atoms with van der Waals surface area (Å²) in [6.45, 7) is 2.53. The van der Waals surface area contributed by atoms with E-state index in [0.717, 1.165) is 57.5 Å². The van der Waals surface area contributed by atoms with Gasteiger partial charge < -0.3 is 9.47 Å². The van der Waals surface area contributed by atoms with Crippen molar-refractivity contribution < 1.29 is 9.47 Å². The van der Waals surface area contributed by atoms with E-state index in [0.29, 0.717) is 5.92 Å². The lowest BCUT2D eigenvalue weighted by atomic mass is 9.86. The first-order chi connectivity index (χ1) is 12.7. The van der Waals surface area contributed by atoms with Gasteiger partial charge in [0, 0.05) is 20.5 Å². The second-order valence-corrected chi connectivity index (χ2v) is 8.27. The second kappa shape index (κ2) is 6.13. The monoisotopic (exact) mass is 364 g/mol. The van der Waals surface area contributed by atoms with Gasteiger partial charge in [0.15, 0.2) is 16.9 Å². The molecule has 5 rings (SSSR count). The Morgan fingerprint density at radius 1 is 1.08 bits per heavy atom. The highest BCUT2D eigenvalue weighted by molar-refractivity contribution is 7.18. The molecule has 0 saturated carbocycles. The molecule has 1 unspecified atom stereocenters. The standard InChI is InChI=1S/C22H20O3S/c1-2-13-3-6-16-20(9-13)26-21-11-15(4-7-17(21)22(16)23)14-5-8-18-19(10-14)25-12-24-18/h4-5,7-8,10-11,13H,2-3,6,9,12H2,1H3. The Balaban J connectivity index is 1.62. The van der Waals surface area contributed by atoms with Crippen molar-refractivity contribution in [3.63, 3.8) is 0 Å². The molecular weight excluding hydrogens is 344 g/mol. The molecule has 4 heteroatoms. The van der Waals surface area contributed by atoms with Crippen molar-refractivity contribution in [1.29, 1.82) is 0 Å². The third-order valence-electron chi connectivity index (χ3n) is 5.63. The fourth-order valence-electron chi connectivity index (χ4n) is 4.01. The van der Waals surface area contributed by atoms with Crippen molar-refractivity contribution in [3.05, 3.63) is 57.1 Å². The van der Waals surface area contributed by atoms with Gasteiger partial charge >= 0.3 is 0 Å². The Bertz CT molecular complexity index is 1070. The molecule has 26 heavy (non-hydrogen) atoms. The van der Waals surface area contributed by atoms with Crippen LogP contribution in [0.2, 0.25) is 0 Å². The number of hydrogen-bond acceptors (Lipinski definition) is 4. The maximum atomic E-state index is 12.9. The maximum absolute atomic E-state index is 12.9. The van der Waals surface area contributed by atoms with Gasteiger partial charge in [0.25, 0.3) is 0 Å². The molecule has 0 bridgehead atoms. The minimum Gasteiger partial charge on any atom is -0.454 e. The molecule has 2 aromatic carbocycles. The summed E-state index contributed by atoms with van der Waals surface area (Å²) in [5.41, 5.74) is 3.48. The van der Waals surface area contributed by atoms with Crippen LogP contribution >= 0.6 is 11.3 Å². The predicted molar refractivity (Wildman–Crippen MR) is 105 cm³/mol. The summed E-state index contributed by atoms with van der Waals surface area (Å²) in [5.74, 6) is 2.29. The van der Waals surface area contributed by atoms with Crippen LogP contribution < -0.4 is 14.9 Å². The molecule has 0 amide bonds. The predicted octanol–water partition coefficient (Wildman–Crippen LogP) is 5.17. The van der Waals surface area contributed by atoms with E-state index in [2.05, 4.69) is 13.0 Å². The number of hydrogen-bond donors (Lipinski definition) is 0. The summed E-state index contributed by atoms with van der Waals surface area (Å²) >= 11 is 1.80. The lowest BCUT2D eigenvalue weighted by Gasteiger charge is -2.22. The quantitative estimate of drug-likeness (QED) is 0.629. The van der Waals surface area contributed by atoms with Gasteiger partial charge in [-0.1, -0.05) is 25.5 Å². The van der Waals surface area contributed by atoms with E-state index < -0.39 is 0 Å². The molecule has 2 aliphatic rings. The van der Waals surface area contributed by atoms with Crippen molar-refractivity contribution in [2.24, 2.45) is 5.92 Å². The smallest absolute Gasteiger partial charge is 0.231 e. The van der Waals surface area contributed by atoms with Crippen LogP contribution in [0.15, 0.2) is 41.2 Å². The van der Waals surface area contributed by atoms with Crippen LogP contribution in [-0.2, 0) is 12.8 Å². The maximum Gasteiger partial charge on any atom is 0.231 e. The van der Waals surface area contributed by atoms with Gasteiger partial charge in [0.1, 0.15) is 0 Å². The molecule has 1 aliphatic carbocycles. The van der Waals surface area contributed by atoms with E-state index in [1.165, 1.54) is 11.3 Å². The lowest BCUT2D eigenvalue weighted by Crippen LogP contribution is -2.20. The number of rotatable bonds is 2. The van der Waals surface area contributed by atoms with Crippen LogP contribution in [0.3, 0.4) is 0 Å². The molecule has 1 aliphatic heterocycles. The molecule has 0 fully saturated rings. The second-order valence-electron chi connectivity index (χ2n) is 7.13. The minimum absolute atomic E-state index is 0.237. The Kier molecular flexibility index (Phi) is 3.75. The van der Waals surface area contributed by atoms with Crippen LogP contribution in [0.25, 0.3) is 21.2 Å². The average molecular weight is 364 g/mol. The van der Waals surface area contributed by atoms with Gasteiger partial charge in [0.05, 0.1) is 0 Å². The Labute approximate surface area is 156 Å². The van der Waals surface area contributed by atoms with Gasteiger partial charge in [-0.25, -0.2) is 0 Å². The van der Waals surface area contributed by atoms with Gasteiger partial charge in [-0.05, 0) is 60.6 Å². The largest absolute Gasteiger partial charge is 0.454 e. The SMILES string of the molecule is CCC1CCc2c(sc3cc(-c4ccc5c(c4)OCO5)ccc3c2=O)C1. The van der Waals surface area contributed by atoms with E-state index in [9.17, 15) is 4.79 Å². The summed E-state index contributed by atoms with van der Waals surface area (Å²) in [6, 6.07) is 12.2. The van der Waals surface area contributed by atoms with Crippen LogP contribution in [-0.4, -0.2) is 6.79 Å². The third-order valence-corrected chi connectivity index (χ3v) is 6.85. The number of ether oxygens (including phenoxy) is 2. The summed E-state index contributed by atoms with van der Waals surface area (Å²) in [7, 11) is 0. The molecule has 0 spiro atoms. The molecular formula is C22H20O3S. The van der Waals surface area contributed by atoms with E-state index >= 15 is 0 Å². The van der Waals surface area contributed by atoms with E-state index in [1.54, 1.807) is 11.3 Å². The molecule has 0 saturated heterocycles. The van der Waals surface area contributed by atoms with E-state index in [4.69, 9.17) is 9.47 Å². The summed E-state index contributed by atoms with van der Waals surface area (Å²) < 4.78 is 12.0. The van der Waals surface area contributed by atoms with Crippen molar-refractivity contribution >= 4 is 21.4 Å². The number of fused-ring (bicyclic) bond motifs is 3. The summed E-state index contributed by atoms with van der Waals surface area (Å²) in [4.78, 5) is 14.2. The highest BCUT2D eigenvalue weighted by Gasteiger charge is 2.22. The zero-order valence-corrected chi connectivity index (χ0v) is 15.5. The zero-order chi connectivity index (χ0) is 17.7. The molecule has 3 nitrogen and oxygen atoms in total. The molecule has 1 aromatic heterocycles. The van der Waals surface area contributed by atoms with Crippen molar-refractivity contribution in [2.75, 3.05) is 6.79 Å². The van der Waals surface area contributed by atoms with Crippen LogP contribution in [0.1, 0.15) is 30.2 Å². The Morgan fingerprint density at radius 3 is 2.77 bits per heavy atom. The third kappa shape index (κ3) is 2.52. The zero-order valence-electron chi connectivity index (χ0n) is 14.7. The van der Waals surface area contributed by atoms with Crippen molar-refractivity contribution in [2.45, 2.75) is 32.6 Å². The summed E-state index contributed by atoms with van der Waals surface area (Å²) in [5, 5.41) is 0.855. The molecule has 2 heterocycles. The minimum atomic E-state index is 0.237. The van der Waals surface area contributed by atoms with E-state index in [1.807, 2.05) is 30.3 Å². The van der Waals surface area contributed by atoms with Gasteiger partial charge in [-0.2, -0.15) is 0 Å². The van der Waals surface area contributed by atoms with Gasteiger partial charge in [-0.3, -0.25) is 4.79 Å². The van der Waals surface area contributed by atoms with Crippen molar-refractivity contribution in [1.82, 2.24) is 0 Å². The Hall–Kier alpha value is -2.33. The Morgan fingerprint density at radius 2 is 1.88 bits per heavy atom. The van der Waals surface area contributed by atoms with Gasteiger partial charge in [0.2, 0.25) is 6.79 Å². The first kappa shape index (κ1) is 15.9. The molecule has 0 N–H and O–H groups in total. The molecule has 132 valence electrons. The average Bonchev–Trinajstić information content (AvgIpc) is 3.15. The molecule has 0 radical (unpaired) electrons. The van der Waals surface area contributed by atoms with Crippen LogP contribution in [0, 0.1) is 5.92 Å². The van der Waals surface area contributed by atoms with Crippen LogP contribution in [0.5, 0.6) is 11.5 Å². The highest BCUT2D eigenvalue weighted by Crippen LogP contribution is 2.38. The normalized spacial score (nSPS) is 18.1. The fraction of sp³-hybridized carbons (Fsp3) is 0.318. The molecule has 3 aromatic rings. The number of benzene rings is 2. The summed E-state index contributed by atoms with van der Waals surface area (Å²) in [6.07, 6.45) is 4.32. The first-order valence-electron chi connectivity index (χ1n) is 9.21. The highest BCUT2D eigenvalue weighted by atomic mass is 32.1. The van der Waals surface area contributed by atoms with Gasteiger partial charge in [-0.15, -0.1) is 11.3 Å². The van der Waals surface area contributed by atoms with Crippen LogP contribution in [0.4, 0.5) is 0 Å². The van der Waals surface area contributed by atoms with Crippen molar-refractivity contribution in [3.8, 4) is 22.6 Å². The van der Waals surface area contributed by atoms with E-state index in [-0.39, 0.29) is 12.2 Å². The molecule has 1 atom stereocenters. The first-order valence-corrected chi connectivity index (χ1v) is 10.0. The fourth-order valence-corrected chi connectivity index (χ4v) is 5.37. The topological polar surface area (TPSA) is 35.5 Å².